The van der Waals surface area contributed by atoms with Crippen molar-refractivity contribution in [3.05, 3.63) is 28.4 Å². The standard InChI is InChI=1S/C10H14N6OS/c1-16(10(12)14-7-11)4-5-18-6-8-13-3-2-9(17)15-8/h2-3H,4-6H2,1H3,(H2,12,14)(H,13,15,17). The number of nitrogens with two attached hydrogens (primary N) is 1. The summed E-state index contributed by atoms with van der Waals surface area (Å²) in [6, 6.07) is 1.38. The lowest BCUT2D eigenvalue weighted by atomic mass is 10.6. The molecular formula is C10H14N6OS. The van der Waals surface area contributed by atoms with E-state index in [1.54, 1.807) is 29.9 Å². The lowest BCUT2D eigenvalue weighted by Crippen LogP contribution is -2.35. The van der Waals surface area contributed by atoms with Crippen LogP contribution in [-0.2, 0) is 5.75 Å². The molecule has 96 valence electrons. The summed E-state index contributed by atoms with van der Waals surface area (Å²) in [7, 11) is 1.76. The highest BCUT2D eigenvalue weighted by molar-refractivity contribution is 7.98. The Labute approximate surface area is 109 Å². The Morgan fingerprint density at radius 1 is 1.78 bits per heavy atom. The lowest BCUT2D eigenvalue weighted by molar-refractivity contribution is 0.534. The van der Waals surface area contributed by atoms with Crippen molar-refractivity contribution in [3.8, 4) is 6.19 Å². The highest BCUT2D eigenvalue weighted by Gasteiger charge is 2.02. The molecule has 8 heteroatoms. The Morgan fingerprint density at radius 3 is 3.22 bits per heavy atom. The SMILES string of the molecule is CN(CCSCc1nccc(=O)[nH]1)C(N)=NC#N. The van der Waals surface area contributed by atoms with Crippen molar-refractivity contribution in [2.75, 3.05) is 19.3 Å². The summed E-state index contributed by atoms with van der Waals surface area (Å²) in [5, 5.41) is 8.34. The molecule has 1 aromatic rings. The summed E-state index contributed by atoms with van der Waals surface area (Å²) >= 11 is 1.61. The first kappa shape index (κ1) is 14.1. The van der Waals surface area contributed by atoms with E-state index in [-0.39, 0.29) is 11.5 Å². The van der Waals surface area contributed by atoms with E-state index in [0.717, 1.165) is 5.75 Å². The van der Waals surface area contributed by atoms with Gasteiger partial charge in [0.1, 0.15) is 5.82 Å². The molecule has 0 spiro atoms. The molecule has 0 fully saturated rings. The minimum absolute atomic E-state index is 0.150. The number of aromatic amines is 1. The summed E-state index contributed by atoms with van der Waals surface area (Å²) in [6.07, 6.45) is 3.12. The molecule has 0 amide bonds. The molecule has 0 aromatic carbocycles. The van der Waals surface area contributed by atoms with Crippen LogP contribution in [0.4, 0.5) is 0 Å². The van der Waals surface area contributed by atoms with E-state index in [1.165, 1.54) is 12.3 Å². The van der Waals surface area contributed by atoms with Crippen LogP contribution >= 0.6 is 11.8 Å². The van der Waals surface area contributed by atoms with E-state index in [1.807, 2.05) is 0 Å². The van der Waals surface area contributed by atoms with Gasteiger partial charge in [0.05, 0.1) is 5.75 Å². The molecule has 0 saturated heterocycles. The van der Waals surface area contributed by atoms with Gasteiger partial charge < -0.3 is 15.6 Å². The van der Waals surface area contributed by atoms with Crippen LogP contribution < -0.4 is 11.3 Å². The van der Waals surface area contributed by atoms with Crippen molar-refractivity contribution in [1.82, 2.24) is 14.9 Å². The molecule has 0 aliphatic heterocycles. The van der Waals surface area contributed by atoms with E-state index in [9.17, 15) is 4.79 Å². The first-order chi connectivity index (χ1) is 8.63. The molecule has 0 radical (unpaired) electrons. The fourth-order valence-corrected chi connectivity index (χ4v) is 1.99. The number of nitrogens with zero attached hydrogens (tertiary/aromatic N) is 4. The number of H-pyrrole nitrogens is 1. The molecule has 1 heterocycles. The number of nitriles is 1. The first-order valence-corrected chi connectivity index (χ1v) is 6.34. The normalized spacial score (nSPS) is 11.0. The zero-order valence-corrected chi connectivity index (χ0v) is 10.8. The van der Waals surface area contributed by atoms with Crippen molar-refractivity contribution in [3.63, 3.8) is 0 Å². The predicted octanol–water partition coefficient (Wildman–Crippen LogP) is -0.269. The van der Waals surface area contributed by atoms with E-state index in [0.29, 0.717) is 18.1 Å². The molecule has 0 bridgehead atoms. The molecule has 7 nitrogen and oxygen atoms in total. The maximum atomic E-state index is 11.0. The maximum Gasteiger partial charge on any atom is 0.250 e. The van der Waals surface area contributed by atoms with Gasteiger partial charge in [0.25, 0.3) is 5.56 Å². The van der Waals surface area contributed by atoms with Crippen LogP contribution in [0.25, 0.3) is 0 Å². The van der Waals surface area contributed by atoms with Crippen LogP contribution in [0.1, 0.15) is 5.82 Å². The zero-order chi connectivity index (χ0) is 13.4. The van der Waals surface area contributed by atoms with Crippen molar-refractivity contribution in [2.45, 2.75) is 5.75 Å². The van der Waals surface area contributed by atoms with Crippen LogP contribution in [-0.4, -0.2) is 40.2 Å². The Kier molecular flexibility index (Phi) is 5.73. The van der Waals surface area contributed by atoms with Gasteiger partial charge >= 0.3 is 0 Å². The molecule has 1 aromatic heterocycles. The molecular weight excluding hydrogens is 252 g/mol. The van der Waals surface area contributed by atoms with Crippen LogP contribution in [0.15, 0.2) is 22.1 Å². The Balaban J connectivity index is 2.29. The minimum Gasteiger partial charge on any atom is -0.369 e. The molecule has 0 saturated carbocycles. The van der Waals surface area contributed by atoms with E-state index >= 15 is 0 Å². The van der Waals surface area contributed by atoms with Crippen LogP contribution in [0.3, 0.4) is 0 Å². The summed E-state index contributed by atoms with van der Waals surface area (Å²) in [4.78, 5) is 22.8. The predicted molar refractivity (Wildman–Crippen MR) is 70.9 cm³/mol. The Hall–Kier alpha value is -2.01. The van der Waals surface area contributed by atoms with Crippen LogP contribution in [0.2, 0.25) is 0 Å². The van der Waals surface area contributed by atoms with Crippen molar-refractivity contribution in [2.24, 2.45) is 10.7 Å². The monoisotopic (exact) mass is 266 g/mol. The molecule has 3 N–H and O–H groups in total. The van der Waals surface area contributed by atoms with Gasteiger partial charge in [-0.25, -0.2) is 4.98 Å². The number of aromatic nitrogens is 2. The number of nitrogens with one attached hydrogen (secondary N) is 1. The molecule has 0 unspecified atom stereocenters. The minimum atomic E-state index is -0.150. The van der Waals surface area contributed by atoms with Gasteiger partial charge in [-0.2, -0.15) is 17.0 Å². The molecule has 0 aliphatic rings. The second kappa shape index (κ2) is 7.34. The highest BCUT2D eigenvalue weighted by Crippen LogP contribution is 2.06. The summed E-state index contributed by atoms with van der Waals surface area (Å²) < 4.78 is 0. The third-order valence-corrected chi connectivity index (χ3v) is 3.04. The number of rotatable bonds is 5. The van der Waals surface area contributed by atoms with E-state index in [4.69, 9.17) is 11.0 Å². The van der Waals surface area contributed by atoms with Crippen LogP contribution in [0.5, 0.6) is 0 Å². The smallest absolute Gasteiger partial charge is 0.250 e. The van der Waals surface area contributed by atoms with Gasteiger partial charge in [-0.1, -0.05) is 0 Å². The number of hydrogen-bond donors (Lipinski definition) is 2. The largest absolute Gasteiger partial charge is 0.369 e. The van der Waals surface area contributed by atoms with E-state index < -0.39 is 0 Å². The van der Waals surface area contributed by atoms with Gasteiger partial charge in [0, 0.05) is 31.6 Å². The third kappa shape index (κ3) is 4.88. The molecule has 0 aliphatic carbocycles. The quantitative estimate of drug-likeness (QED) is 0.328. The van der Waals surface area contributed by atoms with Gasteiger partial charge in [0.2, 0.25) is 12.2 Å². The average Bonchev–Trinajstić information content (AvgIpc) is 2.35. The van der Waals surface area contributed by atoms with Crippen molar-refractivity contribution >= 4 is 17.7 Å². The topological polar surface area (TPSA) is 111 Å². The number of guanidine groups is 1. The second-order valence-corrected chi connectivity index (χ2v) is 4.53. The number of aliphatic imine (C=N–C) groups is 1. The number of hydrogen-bond acceptors (Lipinski definition) is 5. The van der Waals surface area contributed by atoms with Gasteiger partial charge in [-0.15, -0.1) is 4.99 Å². The second-order valence-electron chi connectivity index (χ2n) is 3.42. The number of thioether (sulfide) groups is 1. The summed E-state index contributed by atoms with van der Waals surface area (Å²) in [5.41, 5.74) is 5.38. The van der Waals surface area contributed by atoms with Crippen molar-refractivity contribution < 1.29 is 0 Å². The van der Waals surface area contributed by atoms with Gasteiger partial charge in [0.15, 0.2) is 0 Å². The average molecular weight is 266 g/mol. The molecule has 18 heavy (non-hydrogen) atoms. The lowest BCUT2D eigenvalue weighted by Gasteiger charge is -2.16. The highest BCUT2D eigenvalue weighted by atomic mass is 32.2. The fourth-order valence-electron chi connectivity index (χ4n) is 1.11. The van der Waals surface area contributed by atoms with Gasteiger partial charge in [-0.3, -0.25) is 4.79 Å². The zero-order valence-electron chi connectivity index (χ0n) is 9.96. The third-order valence-electron chi connectivity index (χ3n) is 2.09. The Morgan fingerprint density at radius 2 is 2.56 bits per heavy atom. The molecule has 1 rings (SSSR count). The first-order valence-electron chi connectivity index (χ1n) is 5.19. The van der Waals surface area contributed by atoms with Gasteiger partial charge in [-0.05, 0) is 0 Å². The Bertz CT molecular complexity index is 506. The summed E-state index contributed by atoms with van der Waals surface area (Å²) in [6.45, 7) is 0.665. The van der Waals surface area contributed by atoms with Crippen molar-refractivity contribution in [1.29, 1.82) is 5.26 Å². The maximum absolute atomic E-state index is 11.0. The molecule has 0 atom stereocenters. The van der Waals surface area contributed by atoms with Crippen LogP contribution in [0, 0.1) is 11.5 Å². The van der Waals surface area contributed by atoms with E-state index in [2.05, 4.69) is 15.0 Å². The fraction of sp³-hybridized carbons (Fsp3) is 0.400. The summed E-state index contributed by atoms with van der Waals surface area (Å²) in [5.74, 6) is 2.26.